The first kappa shape index (κ1) is 19.1. The summed E-state index contributed by atoms with van der Waals surface area (Å²) in [5, 5.41) is 6.21. The standard InChI is InChI=1S/C21H29N5O/c1-3-4-5-12-22-21(27)19-15-20(24-16(2)23-19)25-17-8-10-18(11-9-17)26-13-6-7-14-26/h8-11,15H,3-7,12-14H2,1-2H3,(H,22,27)(H,23,24,25). The summed E-state index contributed by atoms with van der Waals surface area (Å²) >= 11 is 0. The van der Waals surface area contributed by atoms with E-state index < -0.39 is 0 Å². The summed E-state index contributed by atoms with van der Waals surface area (Å²) < 4.78 is 0. The lowest BCUT2D eigenvalue weighted by atomic mass is 10.2. The highest BCUT2D eigenvalue weighted by atomic mass is 16.1. The summed E-state index contributed by atoms with van der Waals surface area (Å²) in [6, 6.07) is 10.1. The molecule has 0 spiro atoms. The van der Waals surface area contributed by atoms with Crippen LogP contribution in [0.15, 0.2) is 30.3 Å². The molecule has 144 valence electrons. The molecule has 0 bridgehead atoms. The minimum absolute atomic E-state index is 0.149. The molecule has 6 nitrogen and oxygen atoms in total. The number of nitrogens with zero attached hydrogens (tertiary/aromatic N) is 3. The number of rotatable bonds is 8. The highest BCUT2D eigenvalue weighted by Gasteiger charge is 2.13. The molecule has 1 aromatic carbocycles. The number of nitrogens with one attached hydrogen (secondary N) is 2. The lowest BCUT2D eigenvalue weighted by Gasteiger charge is -2.18. The van der Waals surface area contributed by atoms with Crippen LogP contribution in [0.3, 0.4) is 0 Å². The zero-order valence-electron chi connectivity index (χ0n) is 16.3. The Kier molecular flexibility index (Phi) is 6.63. The number of aromatic nitrogens is 2. The van der Waals surface area contributed by atoms with E-state index >= 15 is 0 Å². The lowest BCUT2D eigenvalue weighted by Crippen LogP contribution is -2.25. The summed E-state index contributed by atoms with van der Waals surface area (Å²) in [7, 11) is 0. The molecule has 1 aromatic heterocycles. The van der Waals surface area contributed by atoms with Gasteiger partial charge in [-0.15, -0.1) is 0 Å². The first-order chi connectivity index (χ1) is 13.2. The molecule has 2 N–H and O–H groups in total. The molecule has 1 saturated heterocycles. The summed E-state index contributed by atoms with van der Waals surface area (Å²) in [4.78, 5) is 23.4. The third-order valence-corrected chi connectivity index (χ3v) is 4.75. The molecule has 1 aliphatic heterocycles. The summed E-state index contributed by atoms with van der Waals surface area (Å²) in [6.07, 6.45) is 5.77. The second-order valence-electron chi connectivity index (χ2n) is 7.01. The molecule has 0 radical (unpaired) electrons. The van der Waals surface area contributed by atoms with Crippen LogP contribution in [-0.2, 0) is 0 Å². The van der Waals surface area contributed by atoms with Crippen LogP contribution >= 0.6 is 0 Å². The molecule has 3 rings (SSSR count). The second-order valence-corrected chi connectivity index (χ2v) is 7.01. The number of carbonyl (C=O) groups is 1. The topological polar surface area (TPSA) is 70.2 Å². The normalized spacial score (nSPS) is 13.6. The van der Waals surface area contributed by atoms with Crippen molar-refractivity contribution in [1.82, 2.24) is 15.3 Å². The van der Waals surface area contributed by atoms with E-state index in [2.05, 4.69) is 56.7 Å². The van der Waals surface area contributed by atoms with Gasteiger partial charge in [0.15, 0.2) is 0 Å². The largest absolute Gasteiger partial charge is 0.372 e. The minimum Gasteiger partial charge on any atom is -0.372 e. The fourth-order valence-corrected chi connectivity index (χ4v) is 3.29. The molecule has 2 heterocycles. The Hall–Kier alpha value is -2.63. The fourth-order valence-electron chi connectivity index (χ4n) is 3.29. The van der Waals surface area contributed by atoms with Crippen molar-refractivity contribution in [3.05, 3.63) is 41.9 Å². The van der Waals surface area contributed by atoms with Crippen LogP contribution in [0.4, 0.5) is 17.2 Å². The quantitative estimate of drug-likeness (QED) is 0.689. The van der Waals surface area contributed by atoms with Crippen LogP contribution in [0.5, 0.6) is 0 Å². The van der Waals surface area contributed by atoms with Crippen molar-refractivity contribution in [3.63, 3.8) is 0 Å². The smallest absolute Gasteiger partial charge is 0.270 e. The van der Waals surface area contributed by atoms with Crippen LogP contribution in [0.25, 0.3) is 0 Å². The first-order valence-corrected chi connectivity index (χ1v) is 9.91. The van der Waals surface area contributed by atoms with Gasteiger partial charge in [0.1, 0.15) is 17.3 Å². The number of unbranched alkanes of at least 4 members (excludes halogenated alkanes) is 2. The molecule has 2 aromatic rings. The monoisotopic (exact) mass is 367 g/mol. The van der Waals surface area contributed by atoms with Crippen LogP contribution in [0, 0.1) is 6.92 Å². The van der Waals surface area contributed by atoms with Crippen molar-refractivity contribution in [2.75, 3.05) is 29.9 Å². The van der Waals surface area contributed by atoms with E-state index in [0.717, 1.165) is 38.0 Å². The van der Waals surface area contributed by atoms with Crippen LogP contribution in [0.1, 0.15) is 55.3 Å². The molecule has 6 heteroatoms. The van der Waals surface area contributed by atoms with Gasteiger partial charge in [0, 0.05) is 37.1 Å². The zero-order chi connectivity index (χ0) is 19.1. The zero-order valence-corrected chi connectivity index (χ0v) is 16.3. The predicted octanol–water partition coefficient (Wildman–Crippen LogP) is 4.05. The van der Waals surface area contributed by atoms with E-state index in [1.807, 2.05) is 0 Å². The fraction of sp³-hybridized carbons (Fsp3) is 0.476. The molecule has 1 aliphatic rings. The SMILES string of the molecule is CCCCCNC(=O)c1cc(Nc2ccc(N3CCCC3)cc2)nc(C)n1. The van der Waals surface area contributed by atoms with E-state index in [0.29, 0.717) is 23.9 Å². The molecule has 0 aliphatic carbocycles. The highest BCUT2D eigenvalue weighted by molar-refractivity contribution is 5.93. The maximum absolute atomic E-state index is 12.3. The van der Waals surface area contributed by atoms with Crippen molar-refractivity contribution >= 4 is 23.1 Å². The summed E-state index contributed by atoms with van der Waals surface area (Å²) in [5.74, 6) is 1.06. The molecule has 27 heavy (non-hydrogen) atoms. The van der Waals surface area contributed by atoms with Gasteiger partial charge >= 0.3 is 0 Å². The molecule has 0 unspecified atom stereocenters. The van der Waals surface area contributed by atoms with Gasteiger partial charge in [0.05, 0.1) is 0 Å². The van der Waals surface area contributed by atoms with Crippen molar-refractivity contribution in [2.24, 2.45) is 0 Å². The van der Waals surface area contributed by atoms with Gasteiger partial charge in [-0.1, -0.05) is 19.8 Å². The average Bonchev–Trinajstić information content (AvgIpc) is 3.20. The van der Waals surface area contributed by atoms with Gasteiger partial charge in [-0.2, -0.15) is 0 Å². The van der Waals surface area contributed by atoms with E-state index in [1.54, 1.807) is 13.0 Å². The lowest BCUT2D eigenvalue weighted by molar-refractivity contribution is 0.0947. The predicted molar refractivity (Wildman–Crippen MR) is 110 cm³/mol. The average molecular weight is 367 g/mol. The Morgan fingerprint density at radius 3 is 2.56 bits per heavy atom. The second kappa shape index (κ2) is 9.35. The van der Waals surface area contributed by atoms with Crippen LogP contribution < -0.4 is 15.5 Å². The number of hydrogen-bond acceptors (Lipinski definition) is 5. The number of carbonyl (C=O) groups excluding carboxylic acids is 1. The Morgan fingerprint density at radius 1 is 1.11 bits per heavy atom. The first-order valence-electron chi connectivity index (χ1n) is 9.91. The van der Waals surface area contributed by atoms with Crippen LogP contribution in [-0.4, -0.2) is 35.5 Å². The van der Waals surface area contributed by atoms with E-state index in [1.165, 1.54) is 18.5 Å². The summed E-state index contributed by atoms with van der Waals surface area (Å²) in [6.45, 7) is 6.89. The van der Waals surface area contributed by atoms with Gasteiger partial charge in [-0.3, -0.25) is 4.79 Å². The minimum atomic E-state index is -0.149. The molecule has 0 atom stereocenters. The van der Waals surface area contributed by atoms with Gasteiger partial charge < -0.3 is 15.5 Å². The van der Waals surface area contributed by atoms with Crippen molar-refractivity contribution < 1.29 is 4.79 Å². The maximum atomic E-state index is 12.3. The maximum Gasteiger partial charge on any atom is 0.270 e. The molecular weight excluding hydrogens is 338 g/mol. The Morgan fingerprint density at radius 2 is 1.85 bits per heavy atom. The number of amides is 1. The molecule has 1 amide bonds. The van der Waals surface area contributed by atoms with Crippen molar-refractivity contribution in [1.29, 1.82) is 0 Å². The van der Waals surface area contributed by atoms with E-state index in [-0.39, 0.29) is 5.91 Å². The molecule has 1 fully saturated rings. The van der Waals surface area contributed by atoms with Gasteiger partial charge in [-0.05, 0) is 50.5 Å². The van der Waals surface area contributed by atoms with Gasteiger partial charge in [0.25, 0.3) is 5.91 Å². The van der Waals surface area contributed by atoms with E-state index in [9.17, 15) is 4.79 Å². The molecular formula is C21H29N5O. The third-order valence-electron chi connectivity index (χ3n) is 4.75. The highest BCUT2D eigenvalue weighted by Crippen LogP contribution is 2.23. The molecule has 0 saturated carbocycles. The van der Waals surface area contributed by atoms with Crippen molar-refractivity contribution in [2.45, 2.75) is 46.0 Å². The van der Waals surface area contributed by atoms with Gasteiger partial charge in [-0.25, -0.2) is 9.97 Å². The Bertz CT molecular complexity index is 754. The number of aryl methyl sites for hydroxylation is 1. The number of anilines is 3. The van der Waals surface area contributed by atoms with E-state index in [4.69, 9.17) is 0 Å². The van der Waals surface area contributed by atoms with Crippen molar-refractivity contribution in [3.8, 4) is 0 Å². The summed E-state index contributed by atoms with van der Waals surface area (Å²) in [5.41, 5.74) is 2.60. The van der Waals surface area contributed by atoms with Gasteiger partial charge in [0.2, 0.25) is 0 Å². The third kappa shape index (κ3) is 5.42. The Balaban J connectivity index is 1.64. The Labute approximate surface area is 161 Å². The number of benzene rings is 1. The number of hydrogen-bond donors (Lipinski definition) is 2. The van der Waals surface area contributed by atoms with Crippen LogP contribution in [0.2, 0.25) is 0 Å².